The van der Waals surface area contributed by atoms with Crippen LogP contribution in [-0.2, 0) is 4.57 Å². The van der Waals surface area contributed by atoms with E-state index in [1.54, 1.807) is 73.6 Å². The van der Waals surface area contributed by atoms with Crippen LogP contribution in [0.5, 0.6) is 0 Å². The molecule has 0 aliphatic carbocycles. The third kappa shape index (κ3) is 6.48. The van der Waals surface area contributed by atoms with Crippen LogP contribution in [0.1, 0.15) is 0 Å². The van der Waals surface area contributed by atoms with Crippen LogP contribution < -0.4 is 15.3 Å². The molecule has 26 heavy (non-hydrogen) atoms. The molecule has 0 unspecified atom stereocenters. The maximum Gasteiger partial charge on any atom is 0.352 e. The molecule has 3 rings (SSSR count). The quantitative estimate of drug-likeness (QED) is 0.480. The van der Waals surface area contributed by atoms with E-state index in [1.165, 1.54) is 0 Å². The Kier molecular flexibility index (Phi) is 8.72. The molecule has 3 aromatic heterocycles. The highest BCUT2D eigenvalue weighted by Gasteiger charge is 2.22. The van der Waals surface area contributed by atoms with Crippen LogP contribution in [0.3, 0.4) is 0 Å². The molecule has 0 radical (unpaired) electrons. The summed E-state index contributed by atoms with van der Waals surface area (Å²) in [5.74, 6) is 0. The number of pyridine rings is 3. The fourth-order valence-electron chi connectivity index (χ4n) is 1.91. The Labute approximate surface area is 151 Å². The van der Waals surface area contributed by atoms with Gasteiger partial charge in [0.05, 0.1) is 0 Å². The number of hydrogen-bond donors (Lipinski definition) is 4. The number of aliphatic hydroxyl groups is 1. The summed E-state index contributed by atoms with van der Waals surface area (Å²) in [5, 5.41) is 16.0. The molecule has 0 amide bonds. The van der Waals surface area contributed by atoms with Crippen molar-refractivity contribution in [1.29, 1.82) is 0 Å². The molecule has 0 aliphatic rings. The standard InChI is InChI=1S/C15H15N6OP.CH4O.H2O/c22-23(19-13-1-7-16-8-2-13,20-14-3-9-17-10-4-14)21-15-5-11-18-12-6-15;1-2;/h1-12H,(H3,16,17,18,19,20,21,22);2H,1H3;1H2. The molecular weight excluding hydrogens is 355 g/mol. The van der Waals surface area contributed by atoms with Gasteiger partial charge >= 0.3 is 7.59 Å². The summed E-state index contributed by atoms with van der Waals surface area (Å²) in [5.41, 5.74) is 2.06. The second kappa shape index (κ2) is 10.8. The van der Waals surface area contributed by atoms with Crippen molar-refractivity contribution in [1.82, 2.24) is 15.0 Å². The van der Waals surface area contributed by atoms with Crippen molar-refractivity contribution in [2.24, 2.45) is 0 Å². The van der Waals surface area contributed by atoms with Crippen molar-refractivity contribution in [2.75, 3.05) is 22.4 Å². The average Bonchev–Trinajstić information content (AvgIpc) is 2.65. The van der Waals surface area contributed by atoms with Gasteiger partial charge in [0, 0.05) is 61.4 Å². The molecule has 3 heterocycles. The first-order valence-corrected chi connectivity index (χ1v) is 9.04. The number of anilines is 3. The molecule has 0 bridgehead atoms. The van der Waals surface area contributed by atoms with Crippen LogP contribution >= 0.6 is 7.59 Å². The number of rotatable bonds is 6. The molecule has 0 saturated heterocycles. The predicted octanol–water partition coefficient (Wildman–Crippen LogP) is 2.40. The topological polar surface area (TPSA) is 144 Å². The molecule has 138 valence electrons. The van der Waals surface area contributed by atoms with Gasteiger partial charge in [-0.1, -0.05) is 0 Å². The van der Waals surface area contributed by atoms with Crippen molar-refractivity contribution in [3.63, 3.8) is 0 Å². The Hall–Kier alpha value is -3.00. The molecular formula is C16H21N6O3P. The normalized spacial score (nSPS) is 9.77. The van der Waals surface area contributed by atoms with Crippen LogP contribution in [0.25, 0.3) is 0 Å². The van der Waals surface area contributed by atoms with Crippen molar-refractivity contribution in [3.8, 4) is 0 Å². The lowest BCUT2D eigenvalue weighted by Gasteiger charge is -2.24. The summed E-state index contributed by atoms with van der Waals surface area (Å²) in [6, 6.07) is 10.5. The molecule has 9 nitrogen and oxygen atoms in total. The molecule has 6 N–H and O–H groups in total. The summed E-state index contributed by atoms with van der Waals surface area (Å²) in [6.07, 6.45) is 9.78. The predicted molar refractivity (Wildman–Crippen MR) is 103 cm³/mol. The lowest BCUT2D eigenvalue weighted by molar-refractivity contribution is 0.399. The molecule has 0 aliphatic heterocycles. The Morgan fingerprint density at radius 3 is 1.12 bits per heavy atom. The molecule has 0 atom stereocenters. The highest BCUT2D eigenvalue weighted by Crippen LogP contribution is 2.45. The Morgan fingerprint density at radius 2 is 0.885 bits per heavy atom. The largest absolute Gasteiger partial charge is 0.412 e. The highest BCUT2D eigenvalue weighted by atomic mass is 31.2. The van der Waals surface area contributed by atoms with Crippen LogP contribution in [0.4, 0.5) is 17.1 Å². The van der Waals surface area contributed by atoms with Crippen molar-refractivity contribution in [2.45, 2.75) is 0 Å². The van der Waals surface area contributed by atoms with E-state index in [2.05, 4.69) is 30.2 Å². The third-order valence-electron chi connectivity index (χ3n) is 2.90. The van der Waals surface area contributed by atoms with Gasteiger partial charge in [-0.15, -0.1) is 0 Å². The minimum atomic E-state index is -3.22. The minimum absolute atomic E-state index is 0. The fourth-order valence-corrected chi connectivity index (χ4v) is 3.61. The summed E-state index contributed by atoms with van der Waals surface area (Å²) in [6.45, 7) is 0. The lowest BCUT2D eigenvalue weighted by atomic mass is 10.4. The smallest absolute Gasteiger partial charge is 0.352 e. The molecule has 0 fully saturated rings. The summed E-state index contributed by atoms with van der Waals surface area (Å²) in [4.78, 5) is 11.9. The van der Waals surface area contributed by atoms with Gasteiger partial charge in [0.2, 0.25) is 0 Å². The number of nitrogens with zero attached hydrogens (tertiary/aromatic N) is 3. The van der Waals surface area contributed by atoms with Gasteiger partial charge in [-0.25, -0.2) is 0 Å². The van der Waals surface area contributed by atoms with Crippen LogP contribution in [0.2, 0.25) is 0 Å². The maximum absolute atomic E-state index is 13.3. The fraction of sp³-hybridized carbons (Fsp3) is 0.0625. The molecule has 0 aromatic carbocycles. The van der Waals surface area contributed by atoms with E-state index in [0.717, 1.165) is 7.11 Å². The lowest BCUT2D eigenvalue weighted by Crippen LogP contribution is -2.14. The number of nitrogens with one attached hydrogen (secondary N) is 3. The van der Waals surface area contributed by atoms with Gasteiger partial charge < -0.3 is 25.8 Å². The Bertz CT molecular complexity index is 685. The average molecular weight is 376 g/mol. The van der Waals surface area contributed by atoms with Crippen molar-refractivity contribution < 1.29 is 15.1 Å². The minimum Gasteiger partial charge on any atom is -0.412 e. The third-order valence-corrected chi connectivity index (χ3v) is 4.62. The van der Waals surface area contributed by atoms with Crippen LogP contribution in [0.15, 0.2) is 73.6 Å². The zero-order chi connectivity index (χ0) is 18.0. The van der Waals surface area contributed by atoms with Crippen molar-refractivity contribution >= 4 is 24.7 Å². The highest BCUT2D eigenvalue weighted by molar-refractivity contribution is 7.68. The Morgan fingerprint density at radius 1 is 0.654 bits per heavy atom. The van der Waals surface area contributed by atoms with Gasteiger partial charge in [0.15, 0.2) is 0 Å². The van der Waals surface area contributed by atoms with Crippen LogP contribution in [-0.4, -0.2) is 32.6 Å². The molecule has 0 saturated carbocycles. The van der Waals surface area contributed by atoms with E-state index >= 15 is 0 Å². The summed E-state index contributed by atoms with van der Waals surface area (Å²) >= 11 is 0. The van der Waals surface area contributed by atoms with Gasteiger partial charge in [-0.3, -0.25) is 19.5 Å². The maximum atomic E-state index is 13.3. The summed E-state index contributed by atoms with van der Waals surface area (Å²) < 4.78 is 13.3. The number of hydrogen-bond acceptors (Lipinski definition) is 5. The molecule has 3 aromatic rings. The first-order chi connectivity index (χ1) is 12.2. The first-order valence-electron chi connectivity index (χ1n) is 7.33. The number of aromatic nitrogens is 3. The van der Waals surface area contributed by atoms with E-state index in [1.807, 2.05) is 0 Å². The van der Waals surface area contributed by atoms with E-state index in [9.17, 15) is 4.57 Å². The van der Waals surface area contributed by atoms with Crippen molar-refractivity contribution in [3.05, 3.63) is 73.6 Å². The van der Waals surface area contributed by atoms with Crippen LogP contribution in [0, 0.1) is 0 Å². The van der Waals surface area contributed by atoms with Gasteiger partial charge in [0.25, 0.3) is 0 Å². The SMILES string of the molecule is CO.O.O=P(Nc1ccncc1)(Nc1ccncc1)Nc1ccncc1. The molecule has 10 heteroatoms. The first kappa shape index (κ1) is 21.0. The zero-order valence-electron chi connectivity index (χ0n) is 14.1. The van der Waals surface area contributed by atoms with Gasteiger partial charge in [-0.2, -0.15) is 0 Å². The zero-order valence-corrected chi connectivity index (χ0v) is 15.0. The van der Waals surface area contributed by atoms with E-state index in [-0.39, 0.29) is 5.48 Å². The monoisotopic (exact) mass is 376 g/mol. The number of aliphatic hydroxyl groups excluding tert-OH is 1. The van der Waals surface area contributed by atoms with E-state index in [4.69, 9.17) is 5.11 Å². The second-order valence-electron chi connectivity index (χ2n) is 4.65. The second-order valence-corrected chi connectivity index (χ2v) is 6.54. The van der Waals surface area contributed by atoms with Gasteiger partial charge in [-0.05, 0) is 36.4 Å². The van der Waals surface area contributed by atoms with Gasteiger partial charge in [0.1, 0.15) is 0 Å². The van der Waals surface area contributed by atoms with E-state index in [0.29, 0.717) is 17.1 Å². The molecule has 0 spiro atoms. The summed E-state index contributed by atoms with van der Waals surface area (Å²) in [7, 11) is -2.22. The van der Waals surface area contributed by atoms with E-state index < -0.39 is 7.59 Å². The Balaban J connectivity index is 0.00000109.